The summed E-state index contributed by atoms with van der Waals surface area (Å²) in [4.78, 5) is 0. The van der Waals surface area contributed by atoms with E-state index in [9.17, 15) is 0 Å². The van der Waals surface area contributed by atoms with Crippen LogP contribution in [-0.2, 0) is 6.54 Å². The van der Waals surface area contributed by atoms with Crippen molar-refractivity contribution in [3.8, 4) is 22.8 Å². The summed E-state index contributed by atoms with van der Waals surface area (Å²) in [7, 11) is 3.23. The molecular formula is C20H19ClN2O3. The minimum absolute atomic E-state index is 0.557. The van der Waals surface area contributed by atoms with Gasteiger partial charge in [0.25, 0.3) is 0 Å². The van der Waals surface area contributed by atoms with Crippen molar-refractivity contribution >= 4 is 17.8 Å². The normalized spacial score (nSPS) is 10.9. The summed E-state index contributed by atoms with van der Waals surface area (Å²) in [5, 5.41) is 4.89. The SMILES string of the molecule is COc1ccc(CN/N=C\c2ccc(-c3ccc(Cl)cc3)o2)cc1OC. The van der Waals surface area contributed by atoms with Gasteiger partial charge < -0.3 is 19.3 Å². The second-order valence-corrected chi connectivity index (χ2v) is 5.93. The Morgan fingerprint density at radius 1 is 1.00 bits per heavy atom. The minimum atomic E-state index is 0.557. The number of hydrogen-bond acceptors (Lipinski definition) is 5. The fraction of sp³-hybridized carbons (Fsp3) is 0.150. The van der Waals surface area contributed by atoms with Crippen LogP contribution in [0.3, 0.4) is 0 Å². The van der Waals surface area contributed by atoms with Gasteiger partial charge in [0.2, 0.25) is 0 Å². The summed E-state index contributed by atoms with van der Waals surface area (Å²) >= 11 is 5.90. The first-order chi connectivity index (χ1) is 12.7. The molecule has 26 heavy (non-hydrogen) atoms. The maximum Gasteiger partial charge on any atom is 0.161 e. The van der Waals surface area contributed by atoms with Crippen LogP contribution in [0, 0.1) is 0 Å². The third-order valence-electron chi connectivity index (χ3n) is 3.77. The molecule has 6 heteroatoms. The van der Waals surface area contributed by atoms with E-state index in [1.807, 2.05) is 54.6 Å². The highest BCUT2D eigenvalue weighted by Gasteiger charge is 2.05. The first-order valence-electron chi connectivity index (χ1n) is 8.02. The number of ether oxygens (including phenoxy) is 2. The molecule has 0 fully saturated rings. The Morgan fingerprint density at radius 3 is 2.50 bits per heavy atom. The Kier molecular flexibility index (Phi) is 5.81. The number of methoxy groups -OCH3 is 2. The van der Waals surface area contributed by atoms with Gasteiger partial charge >= 0.3 is 0 Å². The van der Waals surface area contributed by atoms with Crippen molar-refractivity contribution in [1.29, 1.82) is 0 Å². The molecule has 0 aliphatic rings. The largest absolute Gasteiger partial charge is 0.493 e. The van der Waals surface area contributed by atoms with Crippen molar-refractivity contribution in [3.63, 3.8) is 0 Å². The topological polar surface area (TPSA) is 56.0 Å². The van der Waals surface area contributed by atoms with Crippen molar-refractivity contribution in [2.24, 2.45) is 5.10 Å². The van der Waals surface area contributed by atoms with Gasteiger partial charge in [-0.05, 0) is 54.1 Å². The third-order valence-corrected chi connectivity index (χ3v) is 4.02. The molecule has 0 saturated carbocycles. The second-order valence-electron chi connectivity index (χ2n) is 5.49. The van der Waals surface area contributed by atoms with Crippen LogP contribution in [0.5, 0.6) is 11.5 Å². The fourth-order valence-corrected chi connectivity index (χ4v) is 2.55. The van der Waals surface area contributed by atoms with Crippen molar-refractivity contribution in [2.75, 3.05) is 14.2 Å². The standard InChI is InChI=1S/C20H19ClN2O3/c1-24-19-9-3-14(11-20(19)25-2)12-22-23-13-17-8-10-18(26-17)15-4-6-16(21)7-5-15/h3-11,13,22H,12H2,1-2H3/b23-13-. The summed E-state index contributed by atoms with van der Waals surface area (Å²) in [6, 6.07) is 17.0. The lowest BCUT2D eigenvalue weighted by atomic mass is 10.2. The molecule has 3 rings (SSSR count). The molecule has 2 aromatic carbocycles. The molecule has 0 radical (unpaired) electrons. The fourth-order valence-electron chi connectivity index (χ4n) is 2.43. The van der Waals surface area contributed by atoms with Gasteiger partial charge in [-0.25, -0.2) is 0 Å². The Morgan fingerprint density at radius 2 is 1.77 bits per heavy atom. The minimum Gasteiger partial charge on any atom is -0.493 e. The molecule has 1 aromatic heterocycles. The number of nitrogens with zero attached hydrogens (tertiary/aromatic N) is 1. The average Bonchev–Trinajstić information content (AvgIpc) is 3.14. The number of furan rings is 1. The number of benzene rings is 2. The van der Waals surface area contributed by atoms with Crippen molar-refractivity contribution in [3.05, 3.63) is 70.9 Å². The molecule has 3 aromatic rings. The van der Waals surface area contributed by atoms with Gasteiger partial charge in [-0.3, -0.25) is 0 Å². The first-order valence-corrected chi connectivity index (χ1v) is 8.40. The first kappa shape index (κ1) is 17.9. The number of nitrogens with one attached hydrogen (secondary N) is 1. The van der Waals surface area contributed by atoms with Crippen LogP contribution in [0.2, 0.25) is 5.02 Å². The molecule has 0 unspecified atom stereocenters. The predicted octanol–water partition coefficient (Wildman–Crippen LogP) is 4.74. The van der Waals surface area contributed by atoms with Gasteiger partial charge in [0.05, 0.1) is 27.0 Å². The predicted molar refractivity (Wildman–Crippen MR) is 103 cm³/mol. The van der Waals surface area contributed by atoms with Crippen LogP contribution in [0.15, 0.2) is 64.1 Å². The van der Waals surface area contributed by atoms with Crippen molar-refractivity contribution < 1.29 is 13.9 Å². The second kappa shape index (κ2) is 8.45. The van der Waals surface area contributed by atoms with Gasteiger partial charge in [0.1, 0.15) is 11.5 Å². The summed E-state index contributed by atoms with van der Waals surface area (Å²) < 4.78 is 16.3. The number of hydrazone groups is 1. The molecule has 0 saturated heterocycles. The molecule has 0 atom stereocenters. The smallest absolute Gasteiger partial charge is 0.161 e. The van der Waals surface area contributed by atoms with E-state index in [4.69, 9.17) is 25.5 Å². The highest BCUT2D eigenvalue weighted by molar-refractivity contribution is 6.30. The Labute approximate surface area is 157 Å². The van der Waals surface area contributed by atoms with E-state index in [2.05, 4.69) is 10.5 Å². The zero-order chi connectivity index (χ0) is 18.4. The molecule has 1 heterocycles. The van der Waals surface area contributed by atoms with E-state index in [-0.39, 0.29) is 0 Å². The molecule has 0 amide bonds. The van der Waals surface area contributed by atoms with Gasteiger partial charge in [-0.15, -0.1) is 0 Å². The van der Waals surface area contributed by atoms with E-state index in [1.165, 1.54) is 0 Å². The lowest BCUT2D eigenvalue weighted by Crippen LogP contribution is -2.05. The highest BCUT2D eigenvalue weighted by Crippen LogP contribution is 2.27. The van der Waals surface area contributed by atoms with Crippen LogP contribution in [0.1, 0.15) is 11.3 Å². The quantitative estimate of drug-likeness (QED) is 0.482. The number of hydrogen-bond donors (Lipinski definition) is 1. The summed E-state index contributed by atoms with van der Waals surface area (Å²) in [5.41, 5.74) is 4.98. The Balaban J connectivity index is 1.58. The van der Waals surface area contributed by atoms with Crippen LogP contribution >= 0.6 is 11.6 Å². The molecule has 0 spiro atoms. The van der Waals surface area contributed by atoms with Gasteiger partial charge in [-0.2, -0.15) is 5.10 Å². The lowest BCUT2D eigenvalue weighted by molar-refractivity contribution is 0.354. The molecule has 5 nitrogen and oxygen atoms in total. The monoisotopic (exact) mass is 370 g/mol. The number of rotatable bonds is 7. The summed E-state index contributed by atoms with van der Waals surface area (Å²) in [5.74, 6) is 2.82. The molecule has 0 bridgehead atoms. The molecule has 0 aliphatic carbocycles. The summed E-state index contributed by atoms with van der Waals surface area (Å²) in [6.45, 7) is 0.557. The average molecular weight is 371 g/mol. The third kappa shape index (κ3) is 4.37. The van der Waals surface area contributed by atoms with Crippen LogP contribution < -0.4 is 14.9 Å². The van der Waals surface area contributed by atoms with Gasteiger partial charge in [0.15, 0.2) is 11.5 Å². The highest BCUT2D eigenvalue weighted by atomic mass is 35.5. The Hall–Kier alpha value is -2.92. The van der Waals surface area contributed by atoms with E-state index in [0.29, 0.717) is 28.8 Å². The van der Waals surface area contributed by atoms with E-state index >= 15 is 0 Å². The molecular weight excluding hydrogens is 352 g/mol. The van der Waals surface area contributed by atoms with E-state index in [1.54, 1.807) is 20.4 Å². The van der Waals surface area contributed by atoms with Crippen LogP contribution in [0.25, 0.3) is 11.3 Å². The maximum atomic E-state index is 5.90. The zero-order valence-corrected chi connectivity index (χ0v) is 15.3. The zero-order valence-electron chi connectivity index (χ0n) is 14.5. The number of halogens is 1. The molecule has 0 aliphatic heterocycles. The van der Waals surface area contributed by atoms with Crippen LogP contribution in [0.4, 0.5) is 0 Å². The lowest BCUT2D eigenvalue weighted by Gasteiger charge is -2.09. The van der Waals surface area contributed by atoms with E-state index in [0.717, 1.165) is 16.9 Å². The molecule has 1 N–H and O–H groups in total. The van der Waals surface area contributed by atoms with Crippen molar-refractivity contribution in [2.45, 2.75) is 6.54 Å². The molecule has 134 valence electrons. The Bertz CT molecular complexity index is 888. The maximum absolute atomic E-state index is 5.90. The van der Waals surface area contributed by atoms with Crippen LogP contribution in [-0.4, -0.2) is 20.4 Å². The van der Waals surface area contributed by atoms with Gasteiger partial charge in [-0.1, -0.05) is 17.7 Å². The van der Waals surface area contributed by atoms with Crippen molar-refractivity contribution in [1.82, 2.24) is 5.43 Å². The van der Waals surface area contributed by atoms with Gasteiger partial charge in [0, 0.05) is 10.6 Å². The van der Waals surface area contributed by atoms with E-state index < -0.39 is 0 Å². The summed E-state index contributed by atoms with van der Waals surface area (Å²) in [6.07, 6.45) is 1.64.